The summed E-state index contributed by atoms with van der Waals surface area (Å²) in [6.07, 6.45) is 1.72. The number of esters is 1. The summed E-state index contributed by atoms with van der Waals surface area (Å²) in [5.41, 5.74) is 6.77. The number of anilines is 1. The van der Waals surface area contributed by atoms with Gasteiger partial charge in [-0.2, -0.15) is 0 Å². The number of methoxy groups -OCH3 is 1. The van der Waals surface area contributed by atoms with E-state index in [1.165, 1.54) is 25.3 Å². The second-order valence-electron chi connectivity index (χ2n) is 4.38. The van der Waals surface area contributed by atoms with Crippen LogP contribution in [0.4, 0.5) is 5.69 Å². The number of carbonyl (C=O) groups is 1. The third-order valence-corrected chi connectivity index (χ3v) is 3.95. The van der Waals surface area contributed by atoms with E-state index in [0.29, 0.717) is 0 Å². The summed E-state index contributed by atoms with van der Waals surface area (Å²) in [7, 11) is -2.65. The number of nitrogen functional groups attached to an aromatic ring is 1. The van der Waals surface area contributed by atoms with E-state index in [-0.39, 0.29) is 22.7 Å². The maximum absolute atomic E-state index is 12.2. The lowest BCUT2D eigenvalue weighted by Gasteiger charge is -2.10. The van der Waals surface area contributed by atoms with Crippen LogP contribution in [0.25, 0.3) is 0 Å². The molecule has 0 bridgehead atoms. The fraction of sp³-hybridized carbons (Fsp3) is 0.308. The van der Waals surface area contributed by atoms with Crippen molar-refractivity contribution in [1.29, 1.82) is 0 Å². The number of ether oxygens (including phenoxy) is 1. The molecule has 0 amide bonds. The Hall–Kier alpha value is -1.86. The average Bonchev–Trinajstić information content (AvgIpc) is 2.37. The van der Waals surface area contributed by atoms with Gasteiger partial charge >= 0.3 is 5.97 Å². The second-order valence-corrected chi connectivity index (χ2v) is 6.12. The van der Waals surface area contributed by atoms with Gasteiger partial charge in [0.25, 0.3) is 0 Å². The van der Waals surface area contributed by atoms with Crippen LogP contribution in [0.5, 0.6) is 0 Å². The van der Waals surface area contributed by atoms with Crippen LogP contribution in [0, 0.1) is 0 Å². The fourth-order valence-corrected chi connectivity index (χ4v) is 2.66. The number of sulfonamides is 1. The van der Waals surface area contributed by atoms with Gasteiger partial charge in [0.1, 0.15) is 0 Å². The van der Waals surface area contributed by atoms with E-state index in [0.717, 1.165) is 5.57 Å². The average molecular weight is 298 g/mol. The molecule has 0 spiro atoms. The third kappa shape index (κ3) is 4.07. The highest BCUT2D eigenvalue weighted by atomic mass is 32.2. The first kappa shape index (κ1) is 16.2. The highest BCUT2D eigenvalue weighted by molar-refractivity contribution is 7.89. The number of carbonyl (C=O) groups excluding carboxylic acids is 1. The number of nitrogens with one attached hydrogen (secondary N) is 1. The van der Waals surface area contributed by atoms with Gasteiger partial charge in [-0.1, -0.05) is 11.6 Å². The van der Waals surface area contributed by atoms with Crippen molar-refractivity contribution in [2.24, 2.45) is 0 Å². The number of hydrogen-bond donors (Lipinski definition) is 2. The lowest BCUT2D eigenvalue weighted by atomic mass is 10.2. The summed E-state index contributed by atoms with van der Waals surface area (Å²) >= 11 is 0. The minimum atomic E-state index is -3.84. The summed E-state index contributed by atoms with van der Waals surface area (Å²) in [6, 6.07) is 4.01. The molecule has 0 aromatic heterocycles. The molecule has 3 N–H and O–H groups in total. The molecule has 20 heavy (non-hydrogen) atoms. The van der Waals surface area contributed by atoms with Crippen LogP contribution in [-0.2, 0) is 14.8 Å². The molecule has 110 valence electrons. The molecule has 0 aliphatic heterocycles. The van der Waals surface area contributed by atoms with Crippen molar-refractivity contribution >= 4 is 21.7 Å². The molecule has 0 saturated carbocycles. The van der Waals surface area contributed by atoms with E-state index in [1.807, 2.05) is 13.8 Å². The second kappa shape index (κ2) is 6.53. The standard InChI is InChI=1S/C13H18N2O4S/c1-9(2)6-7-15-20(17,18)12-8-10(14)4-5-11(12)13(16)19-3/h4-6,8,15H,7,14H2,1-3H3. The summed E-state index contributed by atoms with van der Waals surface area (Å²) in [5.74, 6) is -0.729. The number of benzene rings is 1. The Morgan fingerprint density at radius 3 is 2.60 bits per heavy atom. The SMILES string of the molecule is COC(=O)c1ccc(N)cc1S(=O)(=O)NCC=C(C)C. The lowest BCUT2D eigenvalue weighted by molar-refractivity contribution is 0.0596. The molecule has 0 saturated heterocycles. The Bertz CT molecular complexity index is 632. The fourth-order valence-electron chi connectivity index (χ4n) is 1.47. The normalized spacial score (nSPS) is 10.9. The van der Waals surface area contributed by atoms with Crippen molar-refractivity contribution in [2.45, 2.75) is 18.7 Å². The molecule has 1 aromatic rings. The maximum atomic E-state index is 12.2. The molecule has 0 atom stereocenters. The van der Waals surface area contributed by atoms with Gasteiger partial charge in [-0.3, -0.25) is 0 Å². The molecule has 0 fully saturated rings. The van der Waals surface area contributed by atoms with Crippen molar-refractivity contribution in [3.05, 3.63) is 35.4 Å². The van der Waals surface area contributed by atoms with Gasteiger partial charge in [0.05, 0.1) is 17.6 Å². The van der Waals surface area contributed by atoms with Gasteiger partial charge in [0.15, 0.2) is 0 Å². The monoisotopic (exact) mass is 298 g/mol. The molecule has 6 nitrogen and oxygen atoms in total. The molecule has 1 aromatic carbocycles. The van der Waals surface area contributed by atoms with Crippen molar-refractivity contribution in [3.8, 4) is 0 Å². The topological polar surface area (TPSA) is 98.5 Å². The summed E-state index contributed by atoms with van der Waals surface area (Å²) in [4.78, 5) is 11.4. The van der Waals surface area contributed by atoms with Crippen LogP contribution in [0.2, 0.25) is 0 Å². The van der Waals surface area contributed by atoms with Crippen LogP contribution in [-0.4, -0.2) is 28.0 Å². The molecular formula is C13H18N2O4S. The minimum absolute atomic E-state index is 0.0496. The largest absolute Gasteiger partial charge is 0.465 e. The Morgan fingerprint density at radius 1 is 1.40 bits per heavy atom. The number of rotatable bonds is 5. The van der Waals surface area contributed by atoms with E-state index in [2.05, 4.69) is 9.46 Å². The quantitative estimate of drug-likeness (QED) is 0.485. The molecule has 0 aliphatic carbocycles. The van der Waals surface area contributed by atoms with Gasteiger partial charge < -0.3 is 10.5 Å². The number of hydrogen-bond acceptors (Lipinski definition) is 5. The van der Waals surface area contributed by atoms with Gasteiger partial charge in [-0.25, -0.2) is 17.9 Å². The molecule has 7 heteroatoms. The highest BCUT2D eigenvalue weighted by Gasteiger charge is 2.22. The van der Waals surface area contributed by atoms with Crippen molar-refractivity contribution < 1.29 is 17.9 Å². The van der Waals surface area contributed by atoms with E-state index in [1.54, 1.807) is 6.08 Å². The molecule has 0 aliphatic rings. The summed E-state index contributed by atoms with van der Waals surface area (Å²) < 4.78 is 31.4. The third-order valence-electron chi connectivity index (χ3n) is 2.48. The van der Waals surface area contributed by atoms with E-state index in [4.69, 9.17) is 5.73 Å². The predicted octanol–water partition coefficient (Wildman–Crippen LogP) is 1.30. The van der Waals surface area contributed by atoms with E-state index < -0.39 is 16.0 Å². The molecule has 0 unspecified atom stereocenters. The van der Waals surface area contributed by atoms with Crippen LogP contribution >= 0.6 is 0 Å². The number of allylic oxidation sites excluding steroid dienone is 1. The first-order valence-electron chi connectivity index (χ1n) is 5.89. The molecule has 0 radical (unpaired) electrons. The van der Waals surface area contributed by atoms with E-state index >= 15 is 0 Å². The predicted molar refractivity (Wildman–Crippen MR) is 76.8 cm³/mol. The van der Waals surface area contributed by atoms with Gasteiger partial charge in [0, 0.05) is 12.2 Å². The molecule has 1 rings (SSSR count). The van der Waals surface area contributed by atoms with Gasteiger partial charge in [0.2, 0.25) is 10.0 Å². The van der Waals surface area contributed by atoms with Gasteiger partial charge in [-0.05, 0) is 32.0 Å². The summed E-state index contributed by atoms with van der Waals surface area (Å²) in [5, 5.41) is 0. The van der Waals surface area contributed by atoms with Crippen LogP contribution in [0.15, 0.2) is 34.7 Å². The van der Waals surface area contributed by atoms with Gasteiger partial charge in [-0.15, -0.1) is 0 Å². The van der Waals surface area contributed by atoms with E-state index in [9.17, 15) is 13.2 Å². The minimum Gasteiger partial charge on any atom is -0.465 e. The maximum Gasteiger partial charge on any atom is 0.339 e. The van der Waals surface area contributed by atoms with Crippen molar-refractivity contribution in [1.82, 2.24) is 4.72 Å². The van der Waals surface area contributed by atoms with Crippen molar-refractivity contribution in [3.63, 3.8) is 0 Å². The molecule has 0 heterocycles. The number of nitrogens with two attached hydrogens (primary N) is 1. The van der Waals surface area contributed by atoms with Crippen molar-refractivity contribution in [2.75, 3.05) is 19.4 Å². The Morgan fingerprint density at radius 2 is 2.05 bits per heavy atom. The van der Waals surface area contributed by atoms with Crippen LogP contribution in [0.1, 0.15) is 24.2 Å². The first-order valence-corrected chi connectivity index (χ1v) is 7.37. The zero-order valence-electron chi connectivity index (χ0n) is 11.6. The Balaban J connectivity index is 3.19. The van der Waals surface area contributed by atoms with Crippen LogP contribution < -0.4 is 10.5 Å². The zero-order chi connectivity index (χ0) is 15.3. The Kier molecular flexibility index (Phi) is 5.29. The summed E-state index contributed by atoms with van der Waals surface area (Å²) in [6.45, 7) is 3.85. The molecular weight excluding hydrogens is 280 g/mol. The zero-order valence-corrected chi connectivity index (χ0v) is 12.5. The lowest BCUT2D eigenvalue weighted by Crippen LogP contribution is -2.26. The smallest absolute Gasteiger partial charge is 0.339 e. The highest BCUT2D eigenvalue weighted by Crippen LogP contribution is 2.19. The van der Waals surface area contributed by atoms with Crippen LogP contribution in [0.3, 0.4) is 0 Å². The Labute approximate surface area is 118 Å². The first-order chi connectivity index (χ1) is 9.27.